The third kappa shape index (κ3) is 55.9. The Morgan fingerprint density at radius 2 is 0.684 bits per heavy atom. The van der Waals surface area contributed by atoms with Crippen molar-refractivity contribution in [1.82, 2.24) is 0 Å². The number of unbranched alkanes of at least 4 members (excludes halogenated alkanes) is 31. The fraction of sp³-hybridized carbons (Fsp3) is 0.797. The van der Waals surface area contributed by atoms with Gasteiger partial charge in [-0.25, -0.2) is 4.57 Å². The van der Waals surface area contributed by atoms with Gasteiger partial charge in [0.1, 0.15) is 12.7 Å². The van der Waals surface area contributed by atoms with Crippen LogP contribution in [-0.4, -0.2) is 66.5 Å². The highest BCUT2D eigenvalue weighted by atomic mass is 31.2. The van der Waals surface area contributed by atoms with E-state index in [4.69, 9.17) is 23.3 Å². The molecular formula is C64H115O11P. The maximum absolute atomic E-state index is 12.9. The predicted molar refractivity (Wildman–Crippen MR) is 316 cm³/mol. The number of carbonyl (C=O) groups excluding carboxylic acids is 3. The van der Waals surface area contributed by atoms with Gasteiger partial charge in [0.05, 0.1) is 19.8 Å². The zero-order chi connectivity index (χ0) is 55.5. The van der Waals surface area contributed by atoms with Crippen LogP contribution < -0.4 is 0 Å². The molecule has 442 valence electrons. The Hall–Kier alpha value is -2.82. The second-order valence-corrected chi connectivity index (χ2v) is 22.3. The first-order valence-electron chi connectivity index (χ1n) is 31.2. The van der Waals surface area contributed by atoms with Gasteiger partial charge in [0.25, 0.3) is 0 Å². The second-order valence-electron chi connectivity index (χ2n) is 20.8. The van der Waals surface area contributed by atoms with Crippen molar-refractivity contribution in [3.05, 3.63) is 60.8 Å². The summed E-state index contributed by atoms with van der Waals surface area (Å²) in [6, 6.07) is 0. The molecule has 0 aliphatic rings. The summed E-state index contributed by atoms with van der Waals surface area (Å²) in [7, 11) is -4.76. The van der Waals surface area contributed by atoms with E-state index in [0.29, 0.717) is 19.3 Å². The number of ether oxygens (including phenoxy) is 3. The summed E-state index contributed by atoms with van der Waals surface area (Å²) < 4.78 is 39.6. The summed E-state index contributed by atoms with van der Waals surface area (Å²) >= 11 is 0. The molecule has 76 heavy (non-hydrogen) atoms. The standard InChI is InChI=1S/C64H115O11P/c1-4-7-10-13-16-19-22-25-28-29-30-31-34-37-40-43-46-49-52-55-64(68)75-61(57-71-62(66)53-50-47-44-41-38-35-32-26-23-20-17-14-11-8-5-2)59-73-76(69,70)72-58-60(56-65)74-63(67)54-51-48-45-42-39-36-33-27-24-21-18-15-12-9-6-3/h8,11,17,20,26-27,32-33,38,41,60-61,65H,4-7,9-10,12-16,18-19,21-25,28-31,34-37,39-40,42-59H2,1-3H3,(H,69,70)/b11-8-,20-17-,32-26-,33-27-,41-38-. The zero-order valence-electron chi connectivity index (χ0n) is 49.0. The Balaban J connectivity index is 4.72. The normalized spacial score (nSPS) is 13.7. The molecule has 0 aliphatic carbocycles. The lowest BCUT2D eigenvalue weighted by Gasteiger charge is -2.21. The first-order chi connectivity index (χ1) is 37.2. The van der Waals surface area contributed by atoms with E-state index in [2.05, 4.69) is 81.5 Å². The van der Waals surface area contributed by atoms with Crippen LogP contribution in [-0.2, 0) is 42.2 Å². The summed E-state index contributed by atoms with van der Waals surface area (Å²) in [5.74, 6) is -1.51. The molecule has 0 heterocycles. The number of phosphoric ester groups is 1. The summed E-state index contributed by atoms with van der Waals surface area (Å²) in [5.41, 5.74) is 0. The van der Waals surface area contributed by atoms with Crippen molar-refractivity contribution in [1.29, 1.82) is 0 Å². The molecule has 0 amide bonds. The highest BCUT2D eigenvalue weighted by Gasteiger charge is 2.28. The summed E-state index contributed by atoms with van der Waals surface area (Å²) in [6.45, 7) is 4.52. The van der Waals surface area contributed by atoms with Gasteiger partial charge in [0.15, 0.2) is 6.10 Å². The number of hydrogen-bond donors (Lipinski definition) is 2. The molecule has 3 atom stereocenters. The van der Waals surface area contributed by atoms with Crippen LogP contribution in [0.2, 0.25) is 0 Å². The van der Waals surface area contributed by atoms with Gasteiger partial charge in [-0.2, -0.15) is 0 Å². The lowest BCUT2D eigenvalue weighted by molar-refractivity contribution is -0.161. The third-order valence-electron chi connectivity index (χ3n) is 13.4. The molecule has 0 radical (unpaired) electrons. The second kappa shape index (κ2) is 58.3. The SMILES string of the molecule is CC/C=C\C/C=C\C/C=C\C/C=C\CCCCC(=O)OCC(COP(=O)(O)OCC(CO)OC(=O)CCCCCCC/C=C\CCCCCCCC)OC(=O)CCCCCCCCCCCCCCCCCCCCC. The van der Waals surface area contributed by atoms with Crippen LogP contribution in [0.4, 0.5) is 0 Å². The average molecular weight is 1090 g/mol. The number of aliphatic hydroxyl groups is 1. The van der Waals surface area contributed by atoms with E-state index < -0.39 is 57.8 Å². The van der Waals surface area contributed by atoms with Gasteiger partial charge >= 0.3 is 25.7 Å². The van der Waals surface area contributed by atoms with Gasteiger partial charge in [-0.05, 0) is 83.5 Å². The van der Waals surface area contributed by atoms with Crippen LogP contribution in [0.1, 0.15) is 290 Å². The van der Waals surface area contributed by atoms with Crippen LogP contribution in [0.3, 0.4) is 0 Å². The number of esters is 3. The smallest absolute Gasteiger partial charge is 0.462 e. The van der Waals surface area contributed by atoms with Crippen LogP contribution in [0.5, 0.6) is 0 Å². The Morgan fingerprint density at radius 3 is 1.09 bits per heavy atom. The van der Waals surface area contributed by atoms with Gasteiger partial charge in [0, 0.05) is 19.3 Å². The van der Waals surface area contributed by atoms with E-state index in [1.807, 2.05) is 0 Å². The van der Waals surface area contributed by atoms with Crippen molar-refractivity contribution in [2.24, 2.45) is 0 Å². The van der Waals surface area contributed by atoms with Crippen molar-refractivity contribution in [2.75, 3.05) is 26.4 Å². The lowest BCUT2D eigenvalue weighted by atomic mass is 10.0. The van der Waals surface area contributed by atoms with E-state index in [1.54, 1.807) is 0 Å². The third-order valence-corrected chi connectivity index (χ3v) is 14.4. The number of carbonyl (C=O) groups is 3. The van der Waals surface area contributed by atoms with Crippen LogP contribution in [0.15, 0.2) is 60.8 Å². The average Bonchev–Trinajstić information content (AvgIpc) is 3.41. The van der Waals surface area contributed by atoms with E-state index in [0.717, 1.165) is 96.3 Å². The van der Waals surface area contributed by atoms with E-state index in [-0.39, 0.29) is 25.9 Å². The number of rotatable bonds is 58. The van der Waals surface area contributed by atoms with Gasteiger partial charge in [-0.1, -0.05) is 248 Å². The first kappa shape index (κ1) is 73.2. The van der Waals surface area contributed by atoms with Gasteiger partial charge in [0.2, 0.25) is 0 Å². The Morgan fingerprint density at radius 1 is 0.382 bits per heavy atom. The lowest BCUT2D eigenvalue weighted by Crippen LogP contribution is -2.30. The molecule has 0 aromatic rings. The Bertz CT molecular complexity index is 1510. The highest BCUT2D eigenvalue weighted by Crippen LogP contribution is 2.43. The number of phosphoric acid groups is 1. The topological polar surface area (TPSA) is 155 Å². The molecule has 0 saturated heterocycles. The zero-order valence-corrected chi connectivity index (χ0v) is 49.9. The minimum Gasteiger partial charge on any atom is -0.462 e. The number of hydrogen-bond acceptors (Lipinski definition) is 10. The molecule has 0 aliphatic heterocycles. The molecule has 0 aromatic carbocycles. The fourth-order valence-corrected chi connectivity index (χ4v) is 9.48. The van der Waals surface area contributed by atoms with Crippen molar-refractivity contribution in [3.63, 3.8) is 0 Å². The van der Waals surface area contributed by atoms with Crippen molar-refractivity contribution < 1.29 is 52.2 Å². The fourth-order valence-electron chi connectivity index (χ4n) is 8.70. The molecule has 0 spiro atoms. The van der Waals surface area contributed by atoms with Crippen LogP contribution >= 0.6 is 7.82 Å². The molecule has 12 heteroatoms. The monoisotopic (exact) mass is 1090 g/mol. The Kier molecular flexibility index (Phi) is 56.2. The van der Waals surface area contributed by atoms with Gasteiger partial charge in [-0.15, -0.1) is 0 Å². The molecule has 0 bridgehead atoms. The maximum Gasteiger partial charge on any atom is 0.472 e. The van der Waals surface area contributed by atoms with Crippen molar-refractivity contribution in [2.45, 2.75) is 303 Å². The molecule has 0 saturated carbocycles. The first-order valence-corrected chi connectivity index (χ1v) is 32.7. The van der Waals surface area contributed by atoms with E-state index >= 15 is 0 Å². The quantitative estimate of drug-likeness (QED) is 0.0197. The molecule has 0 fully saturated rings. The van der Waals surface area contributed by atoms with Gasteiger partial charge < -0.3 is 24.2 Å². The molecule has 3 unspecified atom stereocenters. The van der Waals surface area contributed by atoms with Crippen LogP contribution in [0.25, 0.3) is 0 Å². The molecule has 11 nitrogen and oxygen atoms in total. The Labute approximate surface area is 465 Å². The van der Waals surface area contributed by atoms with Crippen molar-refractivity contribution >= 4 is 25.7 Å². The molecule has 0 rings (SSSR count). The molecule has 0 aromatic heterocycles. The minimum atomic E-state index is -4.76. The van der Waals surface area contributed by atoms with E-state index in [9.17, 15) is 28.9 Å². The minimum absolute atomic E-state index is 0.161. The maximum atomic E-state index is 12.9. The van der Waals surface area contributed by atoms with Crippen molar-refractivity contribution in [3.8, 4) is 0 Å². The van der Waals surface area contributed by atoms with E-state index in [1.165, 1.54) is 135 Å². The van der Waals surface area contributed by atoms with Gasteiger partial charge in [-0.3, -0.25) is 23.4 Å². The molecule has 2 N–H and O–H groups in total. The largest absolute Gasteiger partial charge is 0.472 e. The number of aliphatic hydroxyl groups excluding tert-OH is 1. The molecular weight excluding hydrogens is 976 g/mol. The highest BCUT2D eigenvalue weighted by molar-refractivity contribution is 7.47. The van der Waals surface area contributed by atoms with Crippen LogP contribution in [0, 0.1) is 0 Å². The number of allylic oxidation sites excluding steroid dienone is 10. The summed E-state index contributed by atoms with van der Waals surface area (Å²) in [4.78, 5) is 48.6. The predicted octanol–water partition coefficient (Wildman–Crippen LogP) is 18.7. The summed E-state index contributed by atoms with van der Waals surface area (Å²) in [6.07, 6.45) is 64.7. The summed E-state index contributed by atoms with van der Waals surface area (Å²) in [5, 5.41) is 9.83.